The molecule has 0 spiro atoms. The minimum absolute atomic E-state index is 0.0973. The first-order valence-electron chi connectivity index (χ1n) is 6.24. The number of hydrogen-bond donors (Lipinski definition) is 1. The number of anilines is 1. The Hall–Kier alpha value is -2.74. The molecule has 2 aromatic rings. The minimum atomic E-state index is -0.769. The van der Waals surface area contributed by atoms with Gasteiger partial charge in [0.1, 0.15) is 17.7 Å². The molecule has 0 unspecified atom stereocenters. The van der Waals surface area contributed by atoms with Crippen LogP contribution in [0.5, 0.6) is 0 Å². The highest BCUT2D eigenvalue weighted by molar-refractivity contribution is 5.93. The van der Waals surface area contributed by atoms with Crippen LogP contribution in [0.1, 0.15) is 16.7 Å². The molecule has 2 rings (SSSR count). The maximum Gasteiger partial charge on any atom is 0.228 e. The second-order valence-electron chi connectivity index (χ2n) is 4.57. The third-order valence-electron chi connectivity index (χ3n) is 3.02. The summed E-state index contributed by atoms with van der Waals surface area (Å²) in [5, 5.41) is 11.6. The lowest BCUT2D eigenvalue weighted by Gasteiger charge is -2.09. The molecule has 21 heavy (non-hydrogen) atoms. The number of benzene rings is 2. The van der Waals surface area contributed by atoms with Gasteiger partial charge in [-0.25, -0.2) is 8.78 Å². The van der Waals surface area contributed by atoms with Gasteiger partial charge in [-0.05, 0) is 30.2 Å². The lowest BCUT2D eigenvalue weighted by molar-refractivity contribution is -0.115. The van der Waals surface area contributed by atoms with Crippen molar-refractivity contribution in [1.29, 1.82) is 5.26 Å². The number of nitrogens with one attached hydrogen (secondary N) is 1. The maximum atomic E-state index is 13.5. The third-order valence-corrected chi connectivity index (χ3v) is 3.02. The molecule has 3 nitrogen and oxygen atoms in total. The van der Waals surface area contributed by atoms with Gasteiger partial charge in [0, 0.05) is 6.07 Å². The van der Waals surface area contributed by atoms with E-state index >= 15 is 0 Å². The second-order valence-corrected chi connectivity index (χ2v) is 4.57. The van der Waals surface area contributed by atoms with Crippen molar-refractivity contribution >= 4 is 11.6 Å². The van der Waals surface area contributed by atoms with Crippen molar-refractivity contribution in [2.75, 3.05) is 5.32 Å². The monoisotopic (exact) mass is 286 g/mol. The predicted octanol–water partition coefficient (Wildman–Crippen LogP) is 3.33. The Morgan fingerprint density at radius 1 is 1.29 bits per heavy atom. The average Bonchev–Trinajstić information content (AvgIpc) is 2.42. The number of halogens is 2. The van der Waals surface area contributed by atoms with Gasteiger partial charge in [-0.2, -0.15) is 5.26 Å². The van der Waals surface area contributed by atoms with Gasteiger partial charge in [0.15, 0.2) is 0 Å². The Kier molecular flexibility index (Phi) is 4.29. The highest BCUT2D eigenvalue weighted by atomic mass is 19.1. The van der Waals surface area contributed by atoms with Crippen LogP contribution in [0.15, 0.2) is 36.4 Å². The molecule has 5 heteroatoms. The van der Waals surface area contributed by atoms with Crippen molar-refractivity contribution in [3.05, 3.63) is 64.7 Å². The number of amides is 1. The van der Waals surface area contributed by atoms with Crippen molar-refractivity contribution in [1.82, 2.24) is 0 Å². The van der Waals surface area contributed by atoms with Crippen LogP contribution in [-0.2, 0) is 11.2 Å². The van der Waals surface area contributed by atoms with Crippen molar-refractivity contribution < 1.29 is 13.6 Å². The molecule has 0 aromatic heterocycles. The van der Waals surface area contributed by atoms with Gasteiger partial charge in [0.25, 0.3) is 0 Å². The molecule has 0 bridgehead atoms. The first-order chi connectivity index (χ1) is 10.0. The predicted molar refractivity (Wildman–Crippen MR) is 74.6 cm³/mol. The highest BCUT2D eigenvalue weighted by Gasteiger charge is 2.12. The van der Waals surface area contributed by atoms with Gasteiger partial charge < -0.3 is 5.32 Å². The van der Waals surface area contributed by atoms with Crippen LogP contribution in [0, 0.1) is 29.9 Å². The Morgan fingerprint density at radius 3 is 2.71 bits per heavy atom. The fraction of sp³-hybridized carbons (Fsp3) is 0.125. The van der Waals surface area contributed by atoms with Gasteiger partial charge >= 0.3 is 0 Å². The molecule has 0 aliphatic rings. The van der Waals surface area contributed by atoms with Gasteiger partial charge in [-0.1, -0.05) is 18.2 Å². The molecular formula is C16H12F2N2O. The van der Waals surface area contributed by atoms with Crippen LogP contribution < -0.4 is 5.32 Å². The first-order valence-corrected chi connectivity index (χ1v) is 6.24. The van der Waals surface area contributed by atoms with E-state index in [0.29, 0.717) is 11.3 Å². The zero-order chi connectivity index (χ0) is 15.4. The third kappa shape index (κ3) is 3.42. The van der Waals surface area contributed by atoms with Gasteiger partial charge in [-0.3, -0.25) is 4.79 Å². The maximum absolute atomic E-state index is 13.5. The summed E-state index contributed by atoms with van der Waals surface area (Å²) in [6.07, 6.45) is -0.231. The summed E-state index contributed by atoms with van der Waals surface area (Å²) in [6, 6.07) is 10.1. The number of rotatable bonds is 3. The van der Waals surface area contributed by atoms with Crippen LogP contribution in [-0.4, -0.2) is 5.91 Å². The molecule has 0 heterocycles. The lowest BCUT2D eigenvalue weighted by atomic mass is 10.1. The van der Waals surface area contributed by atoms with E-state index in [1.165, 1.54) is 6.07 Å². The summed E-state index contributed by atoms with van der Waals surface area (Å²) >= 11 is 0. The highest BCUT2D eigenvalue weighted by Crippen LogP contribution is 2.19. The van der Waals surface area contributed by atoms with Crippen LogP contribution >= 0.6 is 0 Å². The first kappa shape index (κ1) is 14.7. The molecule has 0 aliphatic heterocycles. The Balaban J connectivity index is 2.16. The second kappa shape index (κ2) is 6.14. The van der Waals surface area contributed by atoms with Gasteiger partial charge in [-0.15, -0.1) is 0 Å². The van der Waals surface area contributed by atoms with Crippen LogP contribution in [0.25, 0.3) is 0 Å². The molecule has 0 aliphatic carbocycles. The topological polar surface area (TPSA) is 52.9 Å². The normalized spacial score (nSPS) is 10.0. The number of carbonyl (C=O) groups excluding carboxylic acids is 1. The Labute approximate surface area is 120 Å². The van der Waals surface area contributed by atoms with E-state index in [1.807, 2.05) is 6.07 Å². The quantitative estimate of drug-likeness (QED) is 0.941. The van der Waals surface area contributed by atoms with E-state index in [9.17, 15) is 13.6 Å². The van der Waals surface area contributed by atoms with Gasteiger partial charge in [0.2, 0.25) is 5.91 Å². The summed E-state index contributed by atoms with van der Waals surface area (Å²) < 4.78 is 26.3. The summed E-state index contributed by atoms with van der Waals surface area (Å²) in [5.74, 6) is -1.93. The number of nitrogens with zero attached hydrogens (tertiary/aromatic N) is 1. The lowest BCUT2D eigenvalue weighted by Crippen LogP contribution is -2.16. The zero-order valence-corrected chi connectivity index (χ0v) is 11.3. The average molecular weight is 286 g/mol. The van der Waals surface area contributed by atoms with E-state index in [4.69, 9.17) is 5.26 Å². The Bertz CT molecular complexity index is 736. The van der Waals surface area contributed by atoms with Crippen molar-refractivity contribution in [2.45, 2.75) is 13.3 Å². The van der Waals surface area contributed by atoms with E-state index in [2.05, 4.69) is 5.32 Å². The largest absolute Gasteiger partial charge is 0.325 e. The van der Waals surface area contributed by atoms with Gasteiger partial charge in [0.05, 0.1) is 17.7 Å². The van der Waals surface area contributed by atoms with Crippen molar-refractivity contribution in [2.24, 2.45) is 0 Å². The fourth-order valence-electron chi connectivity index (χ4n) is 1.95. The molecule has 0 atom stereocenters. The number of nitriles is 1. The van der Waals surface area contributed by atoms with E-state index in [1.54, 1.807) is 25.1 Å². The van der Waals surface area contributed by atoms with Crippen molar-refractivity contribution in [3.63, 3.8) is 0 Å². The minimum Gasteiger partial charge on any atom is -0.325 e. The van der Waals surface area contributed by atoms with Crippen LogP contribution in [0.3, 0.4) is 0 Å². The molecule has 1 N–H and O–H groups in total. The fourth-order valence-corrected chi connectivity index (χ4v) is 1.95. The zero-order valence-electron chi connectivity index (χ0n) is 11.3. The number of hydrogen-bond acceptors (Lipinski definition) is 2. The van der Waals surface area contributed by atoms with Crippen LogP contribution in [0.2, 0.25) is 0 Å². The summed E-state index contributed by atoms with van der Waals surface area (Å²) in [4.78, 5) is 11.9. The molecule has 0 fully saturated rings. The number of aryl methyl sites for hydroxylation is 1. The summed E-state index contributed by atoms with van der Waals surface area (Å²) in [6.45, 7) is 1.76. The SMILES string of the molecule is Cc1cccc(NC(=O)Cc2ccc(F)cc2F)c1C#N. The molecule has 2 aromatic carbocycles. The molecule has 0 radical (unpaired) electrons. The van der Waals surface area contributed by atoms with Crippen molar-refractivity contribution in [3.8, 4) is 6.07 Å². The van der Waals surface area contributed by atoms with E-state index in [0.717, 1.165) is 17.7 Å². The Morgan fingerprint density at radius 2 is 2.05 bits per heavy atom. The molecular weight excluding hydrogens is 274 g/mol. The molecule has 1 amide bonds. The van der Waals surface area contributed by atoms with Crippen LogP contribution in [0.4, 0.5) is 14.5 Å². The summed E-state index contributed by atoms with van der Waals surface area (Å²) in [7, 11) is 0. The van der Waals surface area contributed by atoms with E-state index in [-0.39, 0.29) is 12.0 Å². The van der Waals surface area contributed by atoms with E-state index < -0.39 is 17.5 Å². The molecule has 0 saturated heterocycles. The standard InChI is InChI=1S/C16H12F2N2O/c1-10-3-2-4-15(13(10)9-19)20-16(21)7-11-5-6-12(17)8-14(11)18/h2-6,8H,7H2,1H3,(H,20,21). The smallest absolute Gasteiger partial charge is 0.228 e. The number of carbonyl (C=O) groups is 1. The summed E-state index contributed by atoms with van der Waals surface area (Å²) in [5.41, 5.74) is 1.58. The molecule has 106 valence electrons. The molecule has 0 saturated carbocycles.